The van der Waals surface area contributed by atoms with E-state index < -0.39 is 0 Å². The van der Waals surface area contributed by atoms with E-state index in [1.165, 1.54) is 5.56 Å². The fourth-order valence-corrected chi connectivity index (χ4v) is 2.50. The monoisotopic (exact) mass is 239 g/mol. The van der Waals surface area contributed by atoms with Gasteiger partial charge in [-0.25, -0.2) is 9.97 Å². The van der Waals surface area contributed by atoms with E-state index in [9.17, 15) is 0 Å². The molecule has 3 nitrogen and oxygen atoms in total. The van der Waals surface area contributed by atoms with Crippen LogP contribution in [0.4, 0.5) is 0 Å². The minimum Gasteiger partial charge on any atom is -0.319 e. The molecule has 1 atom stereocenters. The highest BCUT2D eigenvalue weighted by atomic mass is 32.2. The summed E-state index contributed by atoms with van der Waals surface area (Å²) in [5.41, 5.74) is 3.54. The van der Waals surface area contributed by atoms with Crippen LogP contribution in [0.5, 0.6) is 0 Å². The Labute approximate surface area is 102 Å². The van der Waals surface area contributed by atoms with Crippen LogP contribution >= 0.6 is 11.8 Å². The van der Waals surface area contributed by atoms with Crippen molar-refractivity contribution in [3.63, 3.8) is 0 Å². The third-order valence-corrected chi connectivity index (χ3v) is 3.20. The Kier molecular flexibility index (Phi) is 5.22. The number of thioether (sulfide) groups is 1. The lowest BCUT2D eigenvalue weighted by molar-refractivity contribution is 0.660. The Hall–Kier alpha value is -0.610. The second kappa shape index (κ2) is 6.21. The number of hydrogen-bond donors (Lipinski definition) is 1. The largest absolute Gasteiger partial charge is 0.319 e. The smallest absolute Gasteiger partial charge is 0.138 e. The Morgan fingerprint density at radius 2 is 1.81 bits per heavy atom. The number of hydrogen-bond acceptors (Lipinski definition) is 4. The van der Waals surface area contributed by atoms with E-state index in [0.717, 1.165) is 29.5 Å². The third kappa shape index (κ3) is 3.19. The molecule has 0 saturated heterocycles. The summed E-state index contributed by atoms with van der Waals surface area (Å²) in [7, 11) is 1.98. The SMILES string of the molecule is CNCC(C)c1c(C)nc(CSC)nc1C. The van der Waals surface area contributed by atoms with Gasteiger partial charge in [0, 0.05) is 17.9 Å². The summed E-state index contributed by atoms with van der Waals surface area (Å²) in [5, 5.41) is 3.20. The topological polar surface area (TPSA) is 37.8 Å². The fourth-order valence-electron chi connectivity index (χ4n) is 2.11. The number of rotatable bonds is 5. The highest BCUT2D eigenvalue weighted by Crippen LogP contribution is 2.21. The van der Waals surface area contributed by atoms with Crippen molar-refractivity contribution < 1.29 is 0 Å². The number of nitrogens with zero attached hydrogens (tertiary/aromatic N) is 2. The van der Waals surface area contributed by atoms with E-state index in [-0.39, 0.29) is 0 Å². The van der Waals surface area contributed by atoms with Gasteiger partial charge >= 0.3 is 0 Å². The summed E-state index contributed by atoms with van der Waals surface area (Å²) in [6.07, 6.45) is 2.07. The molecule has 1 unspecified atom stereocenters. The average molecular weight is 239 g/mol. The van der Waals surface area contributed by atoms with Crippen molar-refractivity contribution in [1.29, 1.82) is 0 Å². The van der Waals surface area contributed by atoms with Crippen molar-refractivity contribution >= 4 is 11.8 Å². The zero-order valence-corrected chi connectivity index (χ0v) is 11.6. The van der Waals surface area contributed by atoms with Gasteiger partial charge in [-0.3, -0.25) is 0 Å². The second-order valence-corrected chi connectivity index (χ2v) is 4.98. The molecule has 0 spiro atoms. The van der Waals surface area contributed by atoms with Crippen LogP contribution in [0.3, 0.4) is 0 Å². The van der Waals surface area contributed by atoms with Crippen LogP contribution in [0.1, 0.15) is 35.6 Å². The lowest BCUT2D eigenvalue weighted by Gasteiger charge is -2.16. The highest BCUT2D eigenvalue weighted by Gasteiger charge is 2.14. The van der Waals surface area contributed by atoms with Gasteiger partial charge in [0.05, 0.1) is 5.75 Å². The van der Waals surface area contributed by atoms with E-state index in [2.05, 4.69) is 42.3 Å². The van der Waals surface area contributed by atoms with Crippen LogP contribution in [0, 0.1) is 13.8 Å². The maximum absolute atomic E-state index is 4.57. The molecule has 1 heterocycles. The Bertz CT molecular complexity index is 329. The van der Waals surface area contributed by atoms with Crippen LogP contribution in [-0.2, 0) is 5.75 Å². The molecule has 0 bridgehead atoms. The van der Waals surface area contributed by atoms with E-state index in [4.69, 9.17) is 0 Å². The summed E-state index contributed by atoms with van der Waals surface area (Å²) < 4.78 is 0. The molecule has 0 aliphatic heterocycles. The van der Waals surface area contributed by atoms with Crippen molar-refractivity contribution in [2.24, 2.45) is 0 Å². The maximum Gasteiger partial charge on any atom is 0.138 e. The van der Waals surface area contributed by atoms with E-state index in [1.807, 2.05) is 7.05 Å². The lowest BCUT2D eigenvalue weighted by Crippen LogP contribution is -2.18. The van der Waals surface area contributed by atoms with Crippen molar-refractivity contribution in [1.82, 2.24) is 15.3 Å². The quantitative estimate of drug-likeness (QED) is 0.855. The van der Waals surface area contributed by atoms with Gasteiger partial charge in [0.25, 0.3) is 0 Å². The zero-order valence-electron chi connectivity index (χ0n) is 10.8. The molecule has 0 amide bonds. The number of aryl methyl sites for hydroxylation is 2. The van der Waals surface area contributed by atoms with Gasteiger partial charge in [-0.1, -0.05) is 6.92 Å². The van der Waals surface area contributed by atoms with Gasteiger partial charge in [-0.2, -0.15) is 11.8 Å². The van der Waals surface area contributed by atoms with Crippen molar-refractivity contribution in [3.05, 3.63) is 22.8 Å². The molecule has 90 valence electrons. The maximum atomic E-state index is 4.57. The average Bonchev–Trinajstić information content (AvgIpc) is 2.17. The summed E-state index contributed by atoms with van der Waals surface area (Å²) in [4.78, 5) is 9.13. The Morgan fingerprint density at radius 1 is 1.25 bits per heavy atom. The van der Waals surface area contributed by atoms with Crippen LogP contribution in [0.15, 0.2) is 0 Å². The molecule has 0 saturated carbocycles. The molecule has 0 aliphatic carbocycles. The van der Waals surface area contributed by atoms with Gasteiger partial charge in [0.15, 0.2) is 0 Å². The molecule has 0 aliphatic rings. The molecular weight excluding hydrogens is 218 g/mol. The predicted molar refractivity (Wildman–Crippen MR) is 71.1 cm³/mol. The molecule has 1 rings (SSSR count). The second-order valence-electron chi connectivity index (χ2n) is 4.12. The molecule has 16 heavy (non-hydrogen) atoms. The Balaban J connectivity index is 3.02. The minimum absolute atomic E-state index is 0.466. The number of nitrogens with one attached hydrogen (secondary N) is 1. The van der Waals surface area contributed by atoms with E-state index in [1.54, 1.807) is 11.8 Å². The molecule has 0 radical (unpaired) electrons. The van der Waals surface area contributed by atoms with Gasteiger partial charge in [0.1, 0.15) is 5.82 Å². The molecule has 1 aromatic rings. The van der Waals surface area contributed by atoms with Crippen LogP contribution in [0.2, 0.25) is 0 Å². The summed E-state index contributed by atoms with van der Waals surface area (Å²) in [6.45, 7) is 7.34. The normalized spacial score (nSPS) is 12.8. The first-order valence-electron chi connectivity index (χ1n) is 5.57. The highest BCUT2D eigenvalue weighted by molar-refractivity contribution is 7.97. The summed E-state index contributed by atoms with van der Waals surface area (Å²) in [5.74, 6) is 2.30. The molecule has 1 aromatic heterocycles. The van der Waals surface area contributed by atoms with Crippen molar-refractivity contribution in [2.75, 3.05) is 19.8 Å². The fraction of sp³-hybridized carbons (Fsp3) is 0.667. The lowest BCUT2D eigenvalue weighted by atomic mass is 9.98. The van der Waals surface area contributed by atoms with E-state index in [0.29, 0.717) is 5.92 Å². The van der Waals surface area contributed by atoms with Gasteiger partial charge in [-0.05, 0) is 38.6 Å². The molecular formula is C12H21N3S. The molecule has 1 N–H and O–H groups in total. The van der Waals surface area contributed by atoms with Crippen LogP contribution in [-0.4, -0.2) is 29.8 Å². The first-order chi connectivity index (χ1) is 7.60. The molecule has 0 fully saturated rings. The first-order valence-corrected chi connectivity index (χ1v) is 6.97. The summed E-state index contributed by atoms with van der Waals surface area (Å²) in [6, 6.07) is 0. The van der Waals surface area contributed by atoms with Gasteiger partial charge in [-0.15, -0.1) is 0 Å². The minimum atomic E-state index is 0.466. The van der Waals surface area contributed by atoms with Crippen molar-refractivity contribution in [2.45, 2.75) is 32.4 Å². The van der Waals surface area contributed by atoms with Crippen LogP contribution in [0.25, 0.3) is 0 Å². The van der Waals surface area contributed by atoms with Crippen LogP contribution < -0.4 is 5.32 Å². The predicted octanol–water partition coefficient (Wildman–Crippen LogP) is 2.28. The van der Waals surface area contributed by atoms with E-state index >= 15 is 0 Å². The zero-order chi connectivity index (χ0) is 12.1. The first kappa shape index (κ1) is 13.5. The Morgan fingerprint density at radius 3 is 2.25 bits per heavy atom. The van der Waals surface area contributed by atoms with Gasteiger partial charge < -0.3 is 5.32 Å². The van der Waals surface area contributed by atoms with Crippen molar-refractivity contribution in [3.8, 4) is 0 Å². The number of aromatic nitrogens is 2. The standard InChI is InChI=1S/C12H21N3S/c1-8(6-13-4)12-9(2)14-11(7-16-5)15-10(12)3/h8,13H,6-7H2,1-5H3. The molecule has 4 heteroatoms. The van der Waals surface area contributed by atoms with Gasteiger partial charge in [0.2, 0.25) is 0 Å². The number of likely N-dealkylation sites (N-methyl/N-ethyl adjacent to an activating group) is 1. The molecule has 0 aromatic carbocycles. The summed E-state index contributed by atoms with van der Waals surface area (Å²) >= 11 is 1.76. The third-order valence-electron chi connectivity index (χ3n) is 2.65.